The smallest absolute Gasteiger partial charge is 0.0492 e. The zero-order valence-corrected chi connectivity index (χ0v) is 11.2. The van der Waals surface area contributed by atoms with Crippen molar-refractivity contribution in [3.8, 4) is 0 Å². The highest BCUT2D eigenvalue weighted by atomic mass is 15.3. The maximum absolute atomic E-state index is 4.46. The molecule has 2 atom stereocenters. The number of rotatable bonds is 6. The molecule has 1 aromatic rings. The van der Waals surface area contributed by atoms with Gasteiger partial charge in [0.05, 0.1) is 0 Å². The molecule has 2 rings (SSSR count). The third-order valence-electron chi connectivity index (χ3n) is 3.88. The van der Waals surface area contributed by atoms with Gasteiger partial charge in [-0.2, -0.15) is 5.10 Å². The van der Waals surface area contributed by atoms with Gasteiger partial charge in [0.2, 0.25) is 0 Å². The van der Waals surface area contributed by atoms with E-state index in [1.807, 2.05) is 6.20 Å². The van der Waals surface area contributed by atoms with Crippen LogP contribution in [0.1, 0.15) is 51.1 Å². The lowest BCUT2D eigenvalue weighted by molar-refractivity contribution is 0.422. The summed E-state index contributed by atoms with van der Waals surface area (Å²) in [5, 5.41) is 7.97. The third kappa shape index (κ3) is 2.89. The number of hydrogen-bond donors (Lipinski definition) is 1. The second-order valence-electron chi connectivity index (χ2n) is 5.08. The first-order valence-electron chi connectivity index (χ1n) is 7.09. The average molecular weight is 235 g/mol. The van der Waals surface area contributed by atoms with Gasteiger partial charge in [-0.3, -0.25) is 4.68 Å². The van der Waals surface area contributed by atoms with Gasteiger partial charge in [-0.25, -0.2) is 0 Å². The van der Waals surface area contributed by atoms with Crippen LogP contribution in [0, 0.1) is 5.92 Å². The van der Waals surface area contributed by atoms with Gasteiger partial charge in [-0.05, 0) is 44.3 Å². The van der Waals surface area contributed by atoms with Crippen molar-refractivity contribution in [3.05, 3.63) is 18.0 Å². The maximum Gasteiger partial charge on any atom is 0.0492 e. The predicted octanol–water partition coefficient (Wildman–Crippen LogP) is 2.79. The van der Waals surface area contributed by atoms with Crippen LogP contribution >= 0.6 is 0 Å². The Hall–Kier alpha value is -0.830. The molecule has 0 spiro atoms. The Bertz CT molecular complexity index is 332. The molecule has 0 aromatic carbocycles. The van der Waals surface area contributed by atoms with Crippen LogP contribution in [0.25, 0.3) is 0 Å². The van der Waals surface area contributed by atoms with Crippen LogP contribution in [0.2, 0.25) is 0 Å². The Morgan fingerprint density at radius 3 is 3.06 bits per heavy atom. The van der Waals surface area contributed by atoms with Gasteiger partial charge < -0.3 is 5.32 Å². The van der Waals surface area contributed by atoms with Crippen LogP contribution < -0.4 is 5.32 Å². The van der Waals surface area contributed by atoms with E-state index in [1.165, 1.54) is 37.9 Å². The normalized spacial score (nSPS) is 24.4. The molecule has 1 aliphatic rings. The van der Waals surface area contributed by atoms with Gasteiger partial charge in [0.25, 0.3) is 0 Å². The second kappa shape index (κ2) is 6.20. The van der Waals surface area contributed by atoms with Gasteiger partial charge in [-0.15, -0.1) is 0 Å². The predicted molar refractivity (Wildman–Crippen MR) is 71.1 cm³/mol. The minimum atomic E-state index is 0.725. The standard InChI is InChI=1S/C14H25N3/c1-3-10-17-14(8-9-16-17)13-7-5-6-12(13)11-15-4-2/h8-9,12-13,15H,3-7,10-11H2,1-2H3. The number of aryl methyl sites for hydroxylation is 1. The van der Waals surface area contributed by atoms with Crippen LogP contribution in [-0.4, -0.2) is 22.9 Å². The van der Waals surface area contributed by atoms with Crippen LogP contribution in [0.3, 0.4) is 0 Å². The Kier molecular flexibility index (Phi) is 4.60. The third-order valence-corrected chi connectivity index (χ3v) is 3.88. The lowest BCUT2D eigenvalue weighted by atomic mass is 9.92. The van der Waals surface area contributed by atoms with Gasteiger partial charge in [0, 0.05) is 24.4 Å². The molecule has 1 N–H and O–H groups in total. The summed E-state index contributed by atoms with van der Waals surface area (Å²) in [7, 11) is 0. The van der Waals surface area contributed by atoms with Crippen LogP contribution in [0.15, 0.2) is 12.3 Å². The fraction of sp³-hybridized carbons (Fsp3) is 0.786. The molecule has 3 nitrogen and oxygen atoms in total. The minimum absolute atomic E-state index is 0.725. The van der Waals surface area contributed by atoms with Crippen LogP contribution in [0.5, 0.6) is 0 Å². The van der Waals surface area contributed by atoms with Crippen molar-refractivity contribution in [1.82, 2.24) is 15.1 Å². The zero-order valence-electron chi connectivity index (χ0n) is 11.2. The van der Waals surface area contributed by atoms with Crippen molar-refractivity contribution in [3.63, 3.8) is 0 Å². The largest absolute Gasteiger partial charge is 0.317 e. The first kappa shape index (κ1) is 12.6. The maximum atomic E-state index is 4.46. The summed E-state index contributed by atoms with van der Waals surface area (Å²) in [5.74, 6) is 1.53. The Balaban J connectivity index is 2.06. The van der Waals surface area contributed by atoms with Crippen molar-refractivity contribution in [2.45, 2.75) is 52.0 Å². The molecule has 0 saturated heterocycles. The summed E-state index contributed by atoms with van der Waals surface area (Å²) in [6.07, 6.45) is 7.21. The Morgan fingerprint density at radius 2 is 2.29 bits per heavy atom. The van der Waals surface area contributed by atoms with E-state index in [2.05, 4.69) is 35.0 Å². The summed E-state index contributed by atoms with van der Waals surface area (Å²) in [6, 6.07) is 2.23. The molecule has 0 amide bonds. The van der Waals surface area contributed by atoms with E-state index in [9.17, 15) is 0 Å². The van der Waals surface area contributed by atoms with E-state index in [1.54, 1.807) is 0 Å². The van der Waals surface area contributed by atoms with E-state index in [4.69, 9.17) is 0 Å². The summed E-state index contributed by atoms with van der Waals surface area (Å²) >= 11 is 0. The lowest BCUT2D eigenvalue weighted by Crippen LogP contribution is -2.25. The number of aromatic nitrogens is 2. The molecule has 1 aliphatic carbocycles. The van der Waals surface area contributed by atoms with E-state index < -0.39 is 0 Å². The monoisotopic (exact) mass is 235 g/mol. The van der Waals surface area contributed by atoms with Gasteiger partial charge in [0.1, 0.15) is 0 Å². The Morgan fingerprint density at radius 1 is 1.41 bits per heavy atom. The molecule has 1 aromatic heterocycles. The molecule has 1 fully saturated rings. The molecule has 17 heavy (non-hydrogen) atoms. The van der Waals surface area contributed by atoms with Crippen molar-refractivity contribution in [1.29, 1.82) is 0 Å². The van der Waals surface area contributed by atoms with Crippen LogP contribution in [0.4, 0.5) is 0 Å². The summed E-state index contributed by atoms with van der Waals surface area (Å²) < 4.78 is 2.22. The number of nitrogens with one attached hydrogen (secondary N) is 1. The average Bonchev–Trinajstić information content (AvgIpc) is 2.94. The molecule has 3 heteroatoms. The van der Waals surface area contributed by atoms with Gasteiger partial charge in [-0.1, -0.05) is 20.3 Å². The van der Waals surface area contributed by atoms with Gasteiger partial charge >= 0.3 is 0 Å². The SMILES string of the molecule is CCCn1nccc1C1CCCC1CNCC. The first-order valence-corrected chi connectivity index (χ1v) is 7.09. The molecule has 0 aliphatic heterocycles. The summed E-state index contributed by atoms with van der Waals surface area (Å²) in [6.45, 7) is 7.71. The van der Waals surface area contributed by atoms with Gasteiger partial charge in [0.15, 0.2) is 0 Å². The molecule has 2 unspecified atom stereocenters. The summed E-state index contributed by atoms with van der Waals surface area (Å²) in [5.41, 5.74) is 1.47. The van der Waals surface area contributed by atoms with E-state index >= 15 is 0 Å². The van der Waals surface area contributed by atoms with E-state index in [0.717, 1.165) is 24.9 Å². The number of hydrogen-bond acceptors (Lipinski definition) is 2. The zero-order chi connectivity index (χ0) is 12.1. The molecule has 1 saturated carbocycles. The highest BCUT2D eigenvalue weighted by Crippen LogP contribution is 2.39. The topological polar surface area (TPSA) is 29.9 Å². The van der Waals surface area contributed by atoms with Crippen LogP contribution in [-0.2, 0) is 6.54 Å². The molecule has 96 valence electrons. The molecular weight excluding hydrogens is 210 g/mol. The number of nitrogens with zero attached hydrogens (tertiary/aromatic N) is 2. The highest BCUT2D eigenvalue weighted by molar-refractivity contribution is 5.12. The van der Waals surface area contributed by atoms with E-state index in [0.29, 0.717) is 0 Å². The lowest BCUT2D eigenvalue weighted by Gasteiger charge is -2.21. The Labute approximate surface area is 105 Å². The van der Waals surface area contributed by atoms with E-state index in [-0.39, 0.29) is 0 Å². The van der Waals surface area contributed by atoms with Crippen molar-refractivity contribution in [2.24, 2.45) is 5.92 Å². The molecule has 0 radical (unpaired) electrons. The van der Waals surface area contributed by atoms with Crippen molar-refractivity contribution in [2.75, 3.05) is 13.1 Å². The minimum Gasteiger partial charge on any atom is -0.317 e. The molecule has 0 bridgehead atoms. The summed E-state index contributed by atoms with van der Waals surface area (Å²) in [4.78, 5) is 0. The van der Waals surface area contributed by atoms with Crippen molar-refractivity contribution < 1.29 is 0 Å². The second-order valence-corrected chi connectivity index (χ2v) is 5.08. The first-order chi connectivity index (χ1) is 8.36. The molecule has 1 heterocycles. The fourth-order valence-electron chi connectivity index (χ4n) is 3.06. The quantitative estimate of drug-likeness (QED) is 0.821. The highest BCUT2D eigenvalue weighted by Gasteiger charge is 2.30. The van der Waals surface area contributed by atoms with Crippen molar-refractivity contribution >= 4 is 0 Å². The molecular formula is C14H25N3. The fourth-order valence-corrected chi connectivity index (χ4v) is 3.06.